The van der Waals surface area contributed by atoms with Gasteiger partial charge >= 0.3 is 0 Å². The predicted molar refractivity (Wildman–Crippen MR) is 46.4 cm³/mol. The van der Waals surface area contributed by atoms with Crippen LogP contribution in [0.3, 0.4) is 0 Å². The van der Waals surface area contributed by atoms with Crippen LogP contribution in [0.2, 0.25) is 0 Å². The molecule has 0 saturated carbocycles. The van der Waals surface area contributed by atoms with E-state index < -0.39 is 5.92 Å². The summed E-state index contributed by atoms with van der Waals surface area (Å²) < 4.78 is 26.9. The highest BCUT2D eigenvalue weighted by molar-refractivity contribution is 9.10. The van der Waals surface area contributed by atoms with Crippen LogP contribution in [0.25, 0.3) is 0 Å². The molecule has 3 heteroatoms. The number of aryl methyl sites for hydroxylation is 1. The van der Waals surface area contributed by atoms with Crippen LogP contribution in [0.4, 0.5) is 8.78 Å². The molecule has 0 aliphatic heterocycles. The van der Waals surface area contributed by atoms with E-state index in [4.69, 9.17) is 0 Å². The number of halogens is 3. The molecular formula is C9H7BrF2. The van der Waals surface area contributed by atoms with Gasteiger partial charge in [-0.2, -0.15) is 0 Å². The third kappa shape index (κ3) is 1.07. The highest BCUT2D eigenvalue weighted by atomic mass is 79.9. The van der Waals surface area contributed by atoms with Gasteiger partial charge in [0, 0.05) is 16.5 Å². The zero-order valence-electron chi connectivity index (χ0n) is 6.28. The van der Waals surface area contributed by atoms with E-state index in [9.17, 15) is 8.78 Å². The average molecular weight is 233 g/mol. The third-order valence-corrected chi connectivity index (χ3v) is 2.83. The fourth-order valence-electron chi connectivity index (χ4n) is 1.60. The molecule has 0 unspecified atom stereocenters. The minimum atomic E-state index is -2.63. The normalized spacial score (nSPS) is 19.2. The second-order valence-corrected chi connectivity index (χ2v) is 3.83. The minimum Gasteiger partial charge on any atom is -0.201 e. The molecule has 0 N–H and O–H groups in total. The Morgan fingerprint density at radius 2 is 2.08 bits per heavy atom. The van der Waals surface area contributed by atoms with Gasteiger partial charge < -0.3 is 0 Å². The van der Waals surface area contributed by atoms with Gasteiger partial charge in [-0.25, -0.2) is 8.78 Å². The summed E-state index contributed by atoms with van der Waals surface area (Å²) in [7, 11) is 0. The number of hydrogen-bond acceptors (Lipinski definition) is 0. The predicted octanol–water partition coefficient (Wildman–Crippen LogP) is 3.49. The van der Waals surface area contributed by atoms with Crippen molar-refractivity contribution in [1.82, 2.24) is 0 Å². The third-order valence-electron chi connectivity index (χ3n) is 2.17. The summed E-state index contributed by atoms with van der Waals surface area (Å²) in [6.07, 6.45) is 0.437. The molecule has 1 aromatic carbocycles. The molecule has 1 aliphatic carbocycles. The molecule has 0 heterocycles. The van der Waals surface area contributed by atoms with Gasteiger partial charge in [-0.05, 0) is 18.1 Å². The van der Waals surface area contributed by atoms with Crippen molar-refractivity contribution >= 4 is 15.9 Å². The van der Waals surface area contributed by atoms with E-state index in [1.165, 1.54) is 0 Å². The SMILES string of the molecule is FC1(F)CCc2cccc(Br)c21. The van der Waals surface area contributed by atoms with Crippen molar-refractivity contribution in [2.75, 3.05) is 0 Å². The Balaban J connectivity index is 2.64. The Bertz CT molecular complexity index is 320. The lowest BCUT2D eigenvalue weighted by molar-refractivity contribution is -0.00250. The van der Waals surface area contributed by atoms with Crippen LogP contribution < -0.4 is 0 Å². The van der Waals surface area contributed by atoms with Crippen LogP contribution in [0.5, 0.6) is 0 Å². The lowest BCUT2D eigenvalue weighted by atomic mass is 10.1. The van der Waals surface area contributed by atoms with Crippen LogP contribution in [0.15, 0.2) is 22.7 Å². The Morgan fingerprint density at radius 3 is 2.75 bits per heavy atom. The van der Waals surface area contributed by atoms with Gasteiger partial charge in [0.25, 0.3) is 5.92 Å². The molecule has 64 valence electrons. The van der Waals surface area contributed by atoms with E-state index in [0.717, 1.165) is 5.56 Å². The van der Waals surface area contributed by atoms with Crippen molar-refractivity contribution in [2.24, 2.45) is 0 Å². The molecule has 0 spiro atoms. The monoisotopic (exact) mass is 232 g/mol. The van der Waals surface area contributed by atoms with Gasteiger partial charge in [0.1, 0.15) is 0 Å². The summed E-state index contributed by atoms with van der Waals surface area (Å²) in [4.78, 5) is 0. The molecule has 12 heavy (non-hydrogen) atoms. The van der Waals surface area contributed by atoms with Crippen molar-refractivity contribution < 1.29 is 8.78 Å². The summed E-state index contributed by atoms with van der Waals surface area (Å²) in [5.41, 5.74) is 0.958. The maximum atomic E-state index is 13.2. The van der Waals surface area contributed by atoms with Crippen LogP contribution in [0, 0.1) is 0 Å². The lowest BCUT2D eigenvalue weighted by Crippen LogP contribution is -2.08. The largest absolute Gasteiger partial charge is 0.274 e. The van der Waals surface area contributed by atoms with Gasteiger partial charge in [0.2, 0.25) is 0 Å². The number of benzene rings is 1. The molecule has 0 atom stereocenters. The van der Waals surface area contributed by atoms with E-state index >= 15 is 0 Å². The quantitative estimate of drug-likeness (QED) is 0.643. The molecule has 0 saturated heterocycles. The molecule has 0 amide bonds. The minimum absolute atomic E-state index is 0.0506. The number of fused-ring (bicyclic) bond motifs is 1. The molecule has 1 aromatic rings. The number of alkyl halides is 2. The summed E-state index contributed by atoms with van der Waals surface area (Å²) in [5.74, 6) is -2.63. The lowest BCUT2D eigenvalue weighted by Gasteiger charge is -2.11. The molecule has 0 aromatic heterocycles. The zero-order chi connectivity index (χ0) is 8.77. The first-order chi connectivity index (χ1) is 5.61. The first kappa shape index (κ1) is 8.17. The van der Waals surface area contributed by atoms with Gasteiger partial charge in [0.05, 0.1) is 0 Å². The van der Waals surface area contributed by atoms with Gasteiger partial charge in [0.15, 0.2) is 0 Å². The topological polar surface area (TPSA) is 0 Å². The second-order valence-electron chi connectivity index (χ2n) is 2.98. The molecule has 1 aliphatic rings. The first-order valence-electron chi connectivity index (χ1n) is 3.77. The van der Waals surface area contributed by atoms with Crippen LogP contribution in [0.1, 0.15) is 17.5 Å². The maximum absolute atomic E-state index is 13.2. The summed E-state index contributed by atoms with van der Waals surface area (Å²) >= 11 is 3.14. The maximum Gasteiger partial charge on any atom is 0.274 e. The van der Waals surface area contributed by atoms with Gasteiger partial charge in [-0.3, -0.25) is 0 Å². The Morgan fingerprint density at radius 1 is 1.33 bits per heavy atom. The van der Waals surface area contributed by atoms with Gasteiger partial charge in [-0.1, -0.05) is 28.1 Å². The van der Waals surface area contributed by atoms with Crippen molar-refractivity contribution in [2.45, 2.75) is 18.8 Å². The molecule has 0 fully saturated rings. The second kappa shape index (κ2) is 2.52. The summed E-state index contributed by atoms with van der Waals surface area (Å²) in [6, 6.07) is 5.23. The van der Waals surface area contributed by atoms with Crippen LogP contribution >= 0.6 is 15.9 Å². The van der Waals surface area contributed by atoms with E-state index in [2.05, 4.69) is 15.9 Å². The van der Waals surface area contributed by atoms with E-state index in [1.54, 1.807) is 18.2 Å². The van der Waals surface area contributed by atoms with Gasteiger partial charge in [-0.15, -0.1) is 0 Å². The molecule has 0 nitrogen and oxygen atoms in total. The Hall–Kier alpha value is -0.440. The van der Waals surface area contributed by atoms with Crippen LogP contribution in [-0.2, 0) is 12.3 Å². The zero-order valence-corrected chi connectivity index (χ0v) is 7.87. The fourth-order valence-corrected chi connectivity index (χ4v) is 2.30. The van der Waals surface area contributed by atoms with Crippen molar-refractivity contribution in [3.8, 4) is 0 Å². The van der Waals surface area contributed by atoms with Crippen LogP contribution in [-0.4, -0.2) is 0 Å². The molecular weight excluding hydrogens is 226 g/mol. The fraction of sp³-hybridized carbons (Fsp3) is 0.333. The standard InChI is InChI=1S/C9H7BrF2/c10-7-3-1-2-6-4-5-9(11,12)8(6)7/h1-3H,4-5H2. The summed E-state index contributed by atoms with van der Waals surface area (Å²) in [5, 5.41) is 0. The Labute approximate surface area is 77.7 Å². The highest BCUT2D eigenvalue weighted by Crippen LogP contribution is 2.44. The summed E-state index contributed by atoms with van der Waals surface area (Å²) in [6.45, 7) is 0. The van der Waals surface area contributed by atoms with E-state index in [1.807, 2.05) is 0 Å². The first-order valence-corrected chi connectivity index (χ1v) is 4.56. The van der Waals surface area contributed by atoms with E-state index in [-0.39, 0.29) is 12.0 Å². The molecule has 0 bridgehead atoms. The smallest absolute Gasteiger partial charge is 0.201 e. The molecule has 0 radical (unpaired) electrons. The van der Waals surface area contributed by atoms with Crippen molar-refractivity contribution in [3.05, 3.63) is 33.8 Å². The highest BCUT2D eigenvalue weighted by Gasteiger charge is 2.40. The number of hydrogen-bond donors (Lipinski definition) is 0. The van der Waals surface area contributed by atoms with Crippen molar-refractivity contribution in [1.29, 1.82) is 0 Å². The average Bonchev–Trinajstić information content (AvgIpc) is 2.29. The number of rotatable bonds is 0. The molecule has 2 rings (SSSR count). The Kier molecular flexibility index (Phi) is 1.72. The van der Waals surface area contributed by atoms with Crippen molar-refractivity contribution in [3.63, 3.8) is 0 Å². The van der Waals surface area contributed by atoms with E-state index in [0.29, 0.717) is 10.9 Å².